The number of aryl methyl sites for hydroxylation is 2. The van der Waals surface area contributed by atoms with E-state index in [9.17, 15) is 19.5 Å². The Balaban J connectivity index is 1.83. The van der Waals surface area contributed by atoms with Crippen LogP contribution in [0, 0.1) is 25.7 Å². The fourth-order valence-corrected chi connectivity index (χ4v) is 7.19. The molecule has 4 rings (SSSR count). The zero-order valence-electron chi connectivity index (χ0n) is 23.8. The topological polar surface area (TPSA) is 90.4 Å². The molecule has 2 bridgehead atoms. The molecular weight excluding hydrogens is 494 g/mol. The van der Waals surface area contributed by atoms with Gasteiger partial charge in [-0.1, -0.05) is 44.2 Å². The molecule has 0 aliphatic carbocycles. The Kier molecular flexibility index (Phi) is 8.66. The number of carbonyl (C=O) groups excluding carboxylic acids is 3. The van der Waals surface area contributed by atoms with E-state index < -0.39 is 35.6 Å². The third-order valence-electron chi connectivity index (χ3n) is 8.77. The lowest BCUT2D eigenvalue weighted by molar-refractivity contribution is -0.147. The first-order valence-corrected chi connectivity index (χ1v) is 14.2. The van der Waals surface area contributed by atoms with Crippen LogP contribution in [0.5, 0.6) is 0 Å². The van der Waals surface area contributed by atoms with Crippen molar-refractivity contribution in [2.45, 2.75) is 77.2 Å². The number of para-hydroxylation sites is 1. The van der Waals surface area contributed by atoms with Crippen molar-refractivity contribution in [2.24, 2.45) is 11.8 Å². The minimum Gasteiger partial charge on any atom is -0.394 e. The van der Waals surface area contributed by atoms with Gasteiger partial charge in [0.2, 0.25) is 11.8 Å². The van der Waals surface area contributed by atoms with Crippen LogP contribution in [0.15, 0.2) is 43.5 Å². The molecule has 0 aromatic heterocycles. The van der Waals surface area contributed by atoms with Crippen LogP contribution >= 0.6 is 0 Å². The third kappa shape index (κ3) is 4.61. The summed E-state index contributed by atoms with van der Waals surface area (Å²) in [4.78, 5) is 47.9. The van der Waals surface area contributed by atoms with E-state index in [1.807, 2.05) is 45.9 Å². The minimum absolute atomic E-state index is 0.121. The van der Waals surface area contributed by atoms with Gasteiger partial charge in [-0.3, -0.25) is 14.4 Å². The van der Waals surface area contributed by atoms with Crippen LogP contribution in [-0.4, -0.2) is 82.7 Å². The molecule has 3 amide bonds. The average Bonchev–Trinajstić information content (AvgIpc) is 3.56. The fraction of sp³-hybridized carbons (Fsp3) is 0.581. The predicted octanol–water partition coefficient (Wildman–Crippen LogP) is 3.39. The Morgan fingerprint density at radius 2 is 1.85 bits per heavy atom. The summed E-state index contributed by atoms with van der Waals surface area (Å²) in [5.74, 6) is -2.09. The number of hydrogen-bond acceptors (Lipinski definition) is 5. The van der Waals surface area contributed by atoms with Crippen LogP contribution in [0.2, 0.25) is 0 Å². The zero-order valence-corrected chi connectivity index (χ0v) is 23.8. The number of rotatable bonds is 12. The summed E-state index contributed by atoms with van der Waals surface area (Å²) >= 11 is 0. The van der Waals surface area contributed by atoms with Crippen molar-refractivity contribution in [3.8, 4) is 0 Å². The molecule has 3 saturated heterocycles. The molecule has 212 valence electrons. The quantitative estimate of drug-likeness (QED) is 0.413. The Morgan fingerprint density at radius 1 is 1.18 bits per heavy atom. The Hall–Kier alpha value is -2.97. The molecule has 0 saturated carbocycles. The average molecular weight is 538 g/mol. The summed E-state index contributed by atoms with van der Waals surface area (Å²) in [7, 11) is 0. The molecule has 39 heavy (non-hydrogen) atoms. The van der Waals surface area contributed by atoms with Crippen LogP contribution in [0.1, 0.15) is 50.7 Å². The lowest BCUT2D eigenvalue weighted by atomic mass is 9.70. The van der Waals surface area contributed by atoms with Crippen molar-refractivity contribution in [3.05, 3.63) is 54.6 Å². The van der Waals surface area contributed by atoms with Crippen LogP contribution in [0.25, 0.3) is 0 Å². The van der Waals surface area contributed by atoms with Crippen molar-refractivity contribution < 1.29 is 24.2 Å². The van der Waals surface area contributed by atoms with E-state index >= 15 is 0 Å². The molecule has 8 heteroatoms. The number of anilines is 1. The van der Waals surface area contributed by atoms with Gasteiger partial charge in [0.15, 0.2) is 0 Å². The summed E-state index contributed by atoms with van der Waals surface area (Å²) in [6.45, 7) is 16.4. The summed E-state index contributed by atoms with van der Waals surface area (Å²) in [6, 6.07) is 4.36. The van der Waals surface area contributed by atoms with E-state index in [1.54, 1.807) is 26.9 Å². The second-order valence-corrected chi connectivity index (χ2v) is 11.1. The molecular formula is C31H43N3O5. The normalized spacial score (nSPS) is 27.8. The molecule has 2 unspecified atom stereocenters. The first kappa shape index (κ1) is 29.0. The van der Waals surface area contributed by atoms with Gasteiger partial charge in [0, 0.05) is 25.3 Å². The van der Waals surface area contributed by atoms with Crippen LogP contribution in [0.3, 0.4) is 0 Å². The van der Waals surface area contributed by atoms with Crippen LogP contribution < -0.4 is 4.90 Å². The Labute approximate surface area is 232 Å². The molecule has 1 aromatic carbocycles. The molecule has 0 radical (unpaired) electrons. The summed E-state index contributed by atoms with van der Waals surface area (Å²) in [6.07, 6.45) is 5.33. The van der Waals surface area contributed by atoms with Gasteiger partial charge in [-0.15, -0.1) is 13.2 Å². The van der Waals surface area contributed by atoms with Crippen molar-refractivity contribution in [1.29, 1.82) is 0 Å². The number of nitrogens with zero attached hydrogens (tertiary/aromatic N) is 3. The number of aliphatic hydroxyl groups is 1. The SMILES string of the molecule is C=CCN(CCC)C(=O)[C@@H]1[C@H]2C(=O)N([C@@H](CC)CO)C(C(=O)N(CC=C)c3c(C)cccc3C)C23CC[C@H]1O3. The number of benzene rings is 1. The van der Waals surface area contributed by atoms with Gasteiger partial charge in [-0.2, -0.15) is 0 Å². The summed E-state index contributed by atoms with van der Waals surface area (Å²) < 4.78 is 6.63. The minimum atomic E-state index is -1.12. The zero-order chi connectivity index (χ0) is 28.5. The summed E-state index contributed by atoms with van der Waals surface area (Å²) in [5, 5.41) is 10.3. The highest BCUT2D eigenvalue weighted by atomic mass is 16.5. The van der Waals surface area contributed by atoms with Gasteiger partial charge >= 0.3 is 0 Å². The van der Waals surface area contributed by atoms with Gasteiger partial charge in [-0.05, 0) is 50.7 Å². The largest absolute Gasteiger partial charge is 0.394 e. The van der Waals surface area contributed by atoms with E-state index in [2.05, 4.69) is 13.2 Å². The van der Waals surface area contributed by atoms with Gasteiger partial charge < -0.3 is 24.5 Å². The number of likely N-dealkylation sites (tertiary alicyclic amines) is 1. The van der Waals surface area contributed by atoms with Crippen molar-refractivity contribution in [1.82, 2.24) is 9.80 Å². The first-order chi connectivity index (χ1) is 18.7. The monoisotopic (exact) mass is 537 g/mol. The van der Waals surface area contributed by atoms with E-state index in [0.717, 1.165) is 23.2 Å². The molecule has 8 nitrogen and oxygen atoms in total. The molecule has 6 atom stereocenters. The number of carbonyl (C=O) groups is 3. The van der Waals surface area contributed by atoms with Gasteiger partial charge in [0.05, 0.1) is 30.6 Å². The lowest BCUT2D eigenvalue weighted by Crippen LogP contribution is -2.59. The van der Waals surface area contributed by atoms with Crippen molar-refractivity contribution in [3.63, 3.8) is 0 Å². The fourth-order valence-electron chi connectivity index (χ4n) is 7.19. The Bertz CT molecular complexity index is 1110. The number of aliphatic hydroxyl groups excluding tert-OH is 1. The molecule has 3 aliphatic rings. The maximum atomic E-state index is 14.7. The maximum Gasteiger partial charge on any atom is 0.253 e. The predicted molar refractivity (Wildman–Crippen MR) is 151 cm³/mol. The van der Waals surface area contributed by atoms with Gasteiger partial charge in [0.1, 0.15) is 11.6 Å². The van der Waals surface area contributed by atoms with E-state index in [1.165, 1.54) is 0 Å². The second kappa shape index (κ2) is 11.6. The molecule has 1 spiro atoms. The standard InChI is InChI=1S/C31H43N3O5/c1-7-16-32(17-8-2)28(36)24-23-14-15-31(39-23)25(24)29(37)34(22(10-4)19-35)27(31)30(38)33(18-9-3)26-20(5)12-11-13-21(26)6/h7,9,11-13,22-25,27,35H,1,3,8,10,14-19H2,2,4-6H3/t22-,23+,24-,25-,27?,31?/m0/s1. The highest BCUT2D eigenvalue weighted by Crippen LogP contribution is 2.59. The second-order valence-electron chi connectivity index (χ2n) is 11.1. The maximum absolute atomic E-state index is 14.7. The Morgan fingerprint density at radius 3 is 2.41 bits per heavy atom. The van der Waals surface area contributed by atoms with E-state index in [-0.39, 0.29) is 30.9 Å². The smallest absolute Gasteiger partial charge is 0.253 e. The van der Waals surface area contributed by atoms with E-state index in [4.69, 9.17) is 4.74 Å². The lowest BCUT2D eigenvalue weighted by Gasteiger charge is -2.39. The van der Waals surface area contributed by atoms with Crippen molar-refractivity contribution in [2.75, 3.05) is 31.1 Å². The van der Waals surface area contributed by atoms with Gasteiger partial charge in [-0.25, -0.2) is 0 Å². The van der Waals surface area contributed by atoms with Gasteiger partial charge in [0.25, 0.3) is 5.91 Å². The first-order valence-electron chi connectivity index (χ1n) is 14.2. The number of amides is 3. The van der Waals surface area contributed by atoms with E-state index in [0.29, 0.717) is 32.4 Å². The highest BCUT2D eigenvalue weighted by molar-refractivity contribution is 6.05. The summed E-state index contributed by atoms with van der Waals surface area (Å²) in [5.41, 5.74) is 1.54. The molecule has 1 N–H and O–H groups in total. The molecule has 1 aromatic rings. The number of ether oxygens (including phenoxy) is 1. The highest BCUT2D eigenvalue weighted by Gasteiger charge is 2.75. The number of fused-ring (bicyclic) bond motifs is 1. The number of hydrogen-bond donors (Lipinski definition) is 1. The van der Waals surface area contributed by atoms with Crippen molar-refractivity contribution >= 4 is 23.4 Å². The molecule has 3 heterocycles. The molecule has 3 fully saturated rings. The third-order valence-corrected chi connectivity index (χ3v) is 8.77. The molecule has 3 aliphatic heterocycles. The van der Waals surface area contributed by atoms with Crippen LogP contribution in [0.4, 0.5) is 5.69 Å². The van der Waals surface area contributed by atoms with Crippen LogP contribution in [-0.2, 0) is 19.1 Å².